The molecule has 2 rings (SSSR count). The third kappa shape index (κ3) is 4.92. The number of ether oxygens (including phenoxy) is 1. The van der Waals surface area contributed by atoms with E-state index in [0.717, 1.165) is 18.4 Å². The van der Waals surface area contributed by atoms with Crippen molar-refractivity contribution in [3.63, 3.8) is 0 Å². The number of amides is 3. The lowest BCUT2D eigenvalue weighted by atomic mass is 10.2. The van der Waals surface area contributed by atoms with Gasteiger partial charge in [-0.15, -0.1) is 0 Å². The van der Waals surface area contributed by atoms with E-state index in [2.05, 4.69) is 10.7 Å². The molecular weight excluding hydrogens is 310 g/mol. The molecule has 0 aliphatic heterocycles. The summed E-state index contributed by atoms with van der Waals surface area (Å²) >= 11 is 5.92. The maximum atomic E-state index is 11.5. The van der Waals surface area contributed by atoms with Crippen LogP contribution in [0.15, 0.2) is 18.2 Å². The van der Waals surface area contributed by atoms with Crippen molar-refractivity contribution in [1.82, 2.24) is 16.2 Å². The average Bonchev–Trinajstić information content (AvgIpc) is 3.29. The van der Waals surface area contributed by atoms with Crippen molar-refractivity contribution < 1.29 is 19.1 Å². The monoisotopic (exact) mass is 325 g/mol. The Morgan fingerprint density at radius 3 is 2.64 bits per heavy atom. The molecule has 0 spiro atoms. The number of carbonyl (C=O) groups is 3. The Bertz CT molecular complexity index is 602. The van der Waals surface area contributed by atoms with Crippen molar-refractivity contribution in [2.45, 2.75) is 25.8 Å². The Hall–Kier alpha value is -2.28. The van der Waals surface area contributed by atoms with Crippen molar-refractivity contribution in [2.24, 2.45) is 0 Å². The van der Waals surface area contributed by atoms with E-state index in [9.17, 15) is 14.4 Å². The highest BCUT2D eigenvalue weighted by Gasteiger charge is 2.26. The standard InChI is InChI=1S/C14H16ClN3O4/c1-8-2-5-10(15)11(6-8)22-7-12(19)17-18-14(21)13(20)16-9-3-4-9/h2,5-6,9H,3-4,7H2,1H3,(H,16,20)(H,17,19)(H,18,21). The van der Waals surface area contributed by atoms with E-state index in [0.29, 0.717) is 10.8 Å². The van der Waals surface area contributed by atoms with E-state index in [-0.39, 0.29) is 12.6 Å². The van der Waals surface area contributed by atoms with Gasteiger partial charge in [-0.25, -0.2) is 0 Å². The summed E-state index contributed by atoms with van der Waals surface area (Å²) in [4.78, 5) is 34.3. The highest BCUT2D eigenvalue weighted by Crippen LogP contribution is 2.24. The number of hydrogen-bond donors (Lipinski definition) is 3. The van der Waals surface area contributed by atoms with Crippen LogP contribution < -0.4 is 20.9 Å². The Kier molecular flexibility index (Phi) is 5.21. The number of halogens is 1. The SMILES string of the molecule is Cc1ccc(Cl)c(OCC(=O)NNC(=O)C(=O)NC2CC2)c1. The molecule has 0 unspecified atom stereocenters. The molecule has 8 heteroatoms. The van der Waals surface area contributed by atoms with Crippen molar-refractivity contribution in [1.29, 1.82) is 0 Å². The first-order valence-electron chi connectivity index (χ1n) is 6.74. The topological polar surface area (TPSA) is 96.5 Å². The van der Waals surface area contributed by atoms with Gasteiger partial charge < -0.3 is 10.1 Å². The van der Waals surface area contributed by atoms with Gasteiger partial charge in [0.05, 0.1) is 5.02 Å². The summed E-state index contributed by atoms with van der Waals surface area (Å²) in [5.41, 5.74) is 5.04. The van der Waals surface area contributed by atoms with Gasteiger partial charge in [0.15, 0.2) is 6.61 Å². The minimum atomic E-state index is -0.922. The van der Waals surface area contributed by atoms with E-state index in [4.69, 9.17) is 16.3 Å². The minimum Gasteiger partial charge on any atom is -0.482 e. The van der Waals surface area contributed by atoms with E-state index in [1.165, 1.54) is 0 Å². The molecule has 1 aromatic rings. The van der Waals surface area contributed by atoms with Crippen LogP contribution in [0, 0.1) is 6.92 Å². The summed E-state index contributed by atoms with van der Waals surface area (Å²) in [5, 5.41) is 2.88. The van der Waals surface area contributed by atoms with Gasteiger partial charge in [0.1, 0.15) is 5.75 Å². The number of rotatable bonds is 4. The maximum Gasteiger partial charge on any atom is 0.327 e. The van der Waals surface area contributed by atoms with Crippen LogP contribution in [0.2, 0.25) is 5.02 Å². The number of aryl methyl sites for hydroxylation is 1. The van der Waals surface area contributed by atoms with E-state index in [1.54, 1.807) is 12.1 Å². The molecule has 0 saturated heterocycles. The molecular formula is C14H16ClN3O4. The Morgan fingerprint density at radius 1 is 1.23 bits per heavy atom. The summed E-state index contributed by atoms with van der Waals surface area (Å²) < 4.78 is 5.25. The lowest BCUT2D eigenvalue weighted by Gasteiger charge is -2.10. The fourth-order valence-corrected chi connectivity index (χ4v) is 1.73. The van der Waals surface area contributed by atoms with Crippen molar-refractivity contribution in [2.75, 3.05) is 6.61 Å². The summed E-state index contributed by atoms with van der Waals surface area (Å²) in [7, 11) is 0. The van der Waals surface area contributed by atoms with Gasteiger partial charge in [0.25, 0.3) is 5.91 Å². The van der Waals surface area contributed by atoms with Gasteiger partial charge in [0.2, 0.25) is 0 Å². The molecule has 1 aliphatic rings. The van der Waals surface area contributed by atoms with Crippen LogP contribution in [0.25, 0.3) is 0 Å². The molecule has 3 amide bonds. The van der Waals surface area contributed by atoms with Gasteiger partial charge in [-0.1, -0.05) is 17.7 Å². The minimum absolute atomic E-state index is 0.0701. The normalized spacial score (nSPS) is 13.2. The predicted octanol–water partition coefficient (Wildman–Crippen LogP) is 0.453. The summed E-state index contributed by atoms with van der Waals surface area (Å²) in [6, 6.07) is 5.24. The van der Waals surface area contributed by atoms with Crippen LogP contribution in [-0.4, -0.2) is 30.4 Å². The number of benzene rings is 1. The van der Waals surface area contributed by atoms with Crippen LogP contribution in [0.5, 0.6) is 5.75 Å². The smallest absolute Gasteiger partial charge is 0.327 e. The Morgan fingerprint density at radius 2 is 1.95 bits per heavy atom. The number of carbonyl (C=O) groups excluding carboxylic acids is 3. The van der Waals surface area contributed by atoms with Crippen molar-refractivity contribution >= 4 is 29.3 Å². The van der Waals surface area contributed by atoms with Crippen LogP contribution >= 0.6 is 11.6 Å². The zero-order valence-corrected chi connectivity index (χ0v) is 12.7. The highest BCUT2D eigenvalue weighted by atomic mass is 35.5. The van der Waals surface area contributed by atoms with Gasteiger partial charge in [-0.3, -0.25) is 25.2 Å². The second-order valence-corrected chi connectivity index (χ2v) is 5.38. The highest BCUT2D eigenvalue weighted by molar-refractivity contribution is 6.35. The molecule has 0 aromatic heterocycles. The van der Waals surface area contributed by atoms with Gasteiger partial charge >= 0.3 is 11.8 Å². The fraction of sp³-hybridized carbons (Fsp3) is 0.357. The molecule has 0 radical (unpaired) electrons. The Labute approximate surface area is 132 Å². The lowest BCUT2D eigenvalue weighted by molar-refractivity contribution is -0.141. The predicted molar refractivity (Wildman–Crippen MR) is 79.1 cm³/mol. The molecule has 118 valence electrons. The molecule has 3 N–H and O–H groups in total. The summed E-state index contributed by atoms with van der Waals surface area (Å²) in [6.45, 7) is 1.52. The van der Waals surface area contributed by atoms with Crippen molar-refractivity contribution in [3.05, 3.63) is 28.8 Å². The zero-order valence-electron chi connectivity index (χ0n) is 11.9. The summed E-state index contributed by atoms with van der Waals surface area (Å²) in [5.74, 6) is -1.93. The molecule has 1 aromatic carbocycles. The van der Waals surface area contributed by atoms with Crippen LogP contribution in [0.4, 0.5) is 0 Å². The second kappa shape index (κ2) is 7.13. The van der Waals surface area contributed by atoms with E-state index in [1.807, 2.05) is 18.4 Å². The summed E-state index contributed by atoms with van der Waals surface area (Å²) in [6.07, 6.45) is 1.74. The van der Waals surface area contributed by atoms with Crippen LogP contribution in [-0.2, 0) is 14.4 Å². The third-order valence-electron chi connectivity index (χ3n) is 2.88. The van der Waals surface area contributed by atoms with Crippen molar-refractivity contribution in [3.8, 4) is 5.75 Å². The molecule has 22 heavy (non-hydrogen) atoms. The fourth-order valence-electron chi connectivity index (χ4n) is 1.56. The first-order valence-corrected chi connectivity index (χ1v) is 7.12. The van der Waals surface area contributed by atoms with Gasteiger partial charge in [0, 0.05) is 6.04 Å². The number of hydrogen-bond acceptors (Lipinski definition) is 4. The molecule has 1 aliphatic carbocycles. The average molecular weight is 326 g/mol. The van der Waals surface area contributed by atoms with Gasteiger partial charge in [-0.05, 0) is 37.5 Å². The quantitative estimate of drug-likeness (QED) is 0.553. The number of nitrogens with one attached hydrogen (secondary N) is 3. The number of hydrazine groups is 1. The second-order valence-electron chi connectivity index (χ2n) is 4.97. The van der Waals surface area contributed by atoms with E-state index < -0.39 is 17.7 Å². The van der Waals surface area contributed by atoms with Crippen LogP contribution in [0.3, 0.4) is 0 Å². The van der Waals surface area contributed by atoms with E-state index >= 15 is 0 Å². The molecule has 0 heterocycles. The third-order valence-corrected chi connectivity index (χ3v) is 3.19. The first-order chi connectivity index (χ1) is 10.5. The molecule has 7 nitrogen and oxygen atoms in total. The molecule has 1 saturated carbocycles. The Balaban J connectivity index is 1.72. The first kappa shape index (κ1) is 16.1. The molecule has 1 fully saturated rings. The largest absolute Gasteiger partial charge is 0.482 e. The van der Waals surface area contributed by atoms with Gasteiger partial charge in [-0.2, -0.15) is 0 Å². The zero-order chi connectivity index (χ0) is 16.1. The molecule has 0 bridgehead atoms. The van der Waals surface area contributed by atoms with Crippen LogP contribution in [0.1, 0.15) is 18.4 Å². The molecule has 0 atom stereocenters. The lowest BCUT2D eigenvalue weighted by Crippen LogP contribution is -2.50. The maximum absolute atomic E-state index is 11.5.